The van der Waals surface area contributed by atoms with Crippen molar-refractivity contribution < 1.29 is 4.74 Å². The first-order chi connectivity index (χ1) is 8.38. The zero-order valence-electron chi connectivity index (χ0n) is 10.4. The molecule has 0 spiro atoms. The second-order valence-corrected chi connectivity index (χ2v) is 5.18. The highest BCUT2D eigenvalue weighted by Gasteiger charge is 2.34. The van der Waals surface area contributed by atoms with Crippen LogP contribution in [0.15, 0.2) is 18.3 Å². The number of methoxy groups -OCH3 is 1. The first-order valence-electron chi connectivity index (χ1n) is 6.63. The van der Waals surface area contributed by atoms with E-state index in [1.807, 2.05) is 18.3 Å². The van der Waals surface area contributed by atoms with Crippen molar-refractivity contribution in [2.24, 2.45) is 5.92 Å². The van der Waals surface area contributed by atoms with Crippen LogP contribution in [0.1, 0.15) is 43.8 Å². The highest BCUT2D eigenvalue weighted by Crippen LogP contribution is 2.39. The van der Waals surface area contributed by atoms with E-state index in [1.165, 1.54) is 32.1 Å². The quantitative estimate of drug-likeness (QED) is 0.851. The summed E-state index contributed by atoms with van der Waals surface area (Å²) < 4.78 is 5.41. The Hall–Kier alpha value is -1.09. The number of ether oxygens (including phenoxy) is 1. The first kappa shape index (κ1) is 11.0. The van der Waals surface area contributed by atoms with Crippen molar-refractivity contribution in [1.82, 2.24) is 10.3 Å². The van der Waals surface area contributed by atoms with Gasteiger partial charge in [0, 0.05) is 12.2 Å². The van der Waals surface area contributed by atoms with Crippen LogP contribution in [0.5, 0.6) is 5.75 Å². The van der Waals surface area contributed by atoms with Crippen LogP contribution in [0.4, 0.5) is 0 Å². The van der Waals surface area contributed by atoms with Crippen molar-refractivity contribution in [2.45, 2.75) is 44.2 Å². The monoisotopic (exact) mass is 232 g/mol. The lowest BCUT2D eigenvalue weighted by Gasteiger charge is -2.33. The Kier molecular flexibility index (Phi) is 3.02. The van der Waals surface area contributed by atoms with Gasteiger partial charge in [0.05, 0.1) is 18.8 Å². The Morgan fingerprint density at radius 3 is 3.12 bits per heavy atom. The Bertz CT molecular complexity index is 394. The molecule has 2 heterocycles. The second-order valence-electron chi connectivity index (χ2n) is 5.18. The van der Waals surface area contributed by atoms with Gasteiger partial charge in [-0.15, -0.1) is 0 Å². The second kappa shape index (κ2) is 4.65. The van der Waals surface area contributed by atoms with E-state index in [1.54, 1.807) is 7.11 Å². The highest BCUT2D eigenvalue weighted by molar-refractivity contribution is 5.30. The summed E-state index contributed by atoms with van der Waals surface area (Å²) in [7, 11) is 1.72. The predicted octanol–water partition coefficient (Wildman–Crippen LogP) is 2.68. The molecule has 2 fully saturated rings. The average molecular weight is 232 g/mol. The van der Waals surface area contributed by atoms with Crippen LogP contribution in [0.3, 0.4) is 0 Å². The van der Waals surface area contributed by atoms with Gasteiger partial charge in [-0.3, -0.25) is 4.98 Å². The zero-order chi connectivity index (χ0) is 11.7. The van der Waals surface area contributed by atoms with Crippen LogP contribution in [-0.2, 0) is 0 Å². The van der Waals surface area contributed by atoms with Gasteiger partial charge in [0.1, 0.15) is 5.75 Å². The molecule has 1 aliphatic heterocycles. The van der Waals surface area contributed by atoms with E-state index in [4.69, 9.17) is 4.74 Å². The van der Waals surface area contributed by atoms with Crippen molar-refractivity contribution in [2.75, 3.05) is 7.11 Å². The van der Waals surface area contributed by atoms with Gasteiger partial charge in [-0.05, 0) is 43.7 Å². The standard InChI is InChI=1S/C14H20N2O/c1-17-13-6-3-9-15-14(13)12-8-7-10-4-2-5-11(10)16-12/h3,6,9-12,16H,2,4-5,7-8H2,1H3. The maximum Gasteiger partial charge on any atom is 0.141 e. The van der Waals surface area contributed by atoms with Gasteiger partial charge in [0.2, 0.25) is 0 Å². The summed E-state index contributed by atoms with van der Waals surface area (Å²) in [6.07, 6.45) is 8.51. The number of rotatable bonds is 2. The Labute approximate surface area is 103 Å². The van der Waals surface area contributed by atoms with E-state index >= 15 is 0 Å². The Morgan fingerprint density at radius 1 is 1.29 bits per heavy atom. The summed E-state index contributed by atoms with van der Waals surface area (Å²) in [6.45, 7) is 0. The number of hydrogen-bond donors (Lipinski definition) is 1. The predicted molar refractivity (Wildman–Crippen MR) is 67.0 cm³/mol. The number of aromatic nitrogens is 1. The van der Waals surface area contributed by atoms with E-state index in [0.29, 0.717) is 12.1 Å². The number of nitrogens with zero attached hydrogens (tertiary/aromatic N) is 1. The molecule has 0 amide bonds. The van der Waals surface area contributed by atoms with Crippen LogP contribution >= 0.6 is 0 Å². The zero-order valence-corrected chi connectivity index (χ0v) is 10.4. The molecule has 3 rings (SSSR count). The minimum absolute atomic E-state index is 0.380. The number of pyridine rings is 1. The van der Waals surface area contributed by atoms with E-state index in [-0.39, 0.29) is 0 Å². The molecule has 3 unspecified atom stereocenters. The first-order valence-corrected chi connectivity index (χ1v) is 6.63. The van der Waals surface area contributed by atoms with E-state index in [2.05, 4.69) is 10.3 Å². The summed E-state index contributed by atoms with van der Waals surface area (Å²) in [6, 6.07) is 5.03. The van der Waals surface area contributed by atoms with Crippen molar-refractivity contribution in [3.05, 3.63) is 24.0 Å². The van der Waals surface area contributed by atoms with Gasteiger partial charge in [0.25, 0.3) is 0 Å². The van der Waals surface area contributed by atoms with Crippen molar-refractivity contribution in [1.29, 1.82) is 0 Å². The highest BCUT2D eigenvalue weighted by atomic mass is 16.5. The molecule has 1 N–H and O–H groups in total. The van der Waals surface area contributed by atoms with E-state index < -0.39 is 0 Å². The molecular formula is C14H20N2O. The third kappa shape index (κ3) is 2.04. The summed E-state index contributed by atoms with van der Waals surface area (Å²) in [5.41, 5.74) is 1.08. The summed E-state index contributed by atoms with van der Waals surface area (Å²) >= 11 is 0. The van der Waals surface area contributed by atoms with Gasteiger partial charge < -0.3 is 10.1 Å². The Balaban J connectivity index is 1.80. The van der Waals surface area contributed by atoms with Crippen molar-refractivity contribution >= 4 is 0 Å². The maximum atomic E-state index is 5.41. The fourth-order valence-electron chi connectivity index (χ4n) is 3.38. The maximum absolute atomic E-state index is 5.41. The summed E-state index contributed by atoms with van der Waals surface area (Å²) in [4.78, 5) is 4.50. The molecule has 1 aliphatic carbocycles. The Morgan fingerprint density at radius 2 is 2.24 bits per heavy atom. The lowest BCUT2D eigenvalue weighted by atomic mass is 9.88. The minimum atomic E-state index is 0.380. The third-order valence-corrected chi connectivity index (χ3v) is 4.25. The normalized spacial score (nSPS) is 32.2. The number of nitrogens with one attached hydrogen (secondary N) is 1. The van der Waals surface area contributed by atoms with Gasteiger partial charge >= 0.3 is 0 Å². The van der Waals surface area contributed by atoms with Crippen LogP contribution in [-0.4, -0.2) is 18.1 Å². The van der Waals surface area contributed by atoms with Crippen molar-refractivity contribution in [3.63, 3.8) is 0 Å². The van der Waals surface area contributed by atoms with Crippen LogP contribution in [0.2, 0.25) is 0 Å². The molecule has 3 atom stereocenters. The van der Waals surface area contributed by atoms with Crippen LogP contribution in [0.25, 0.3) is 0 Å². The third-order valence-electron chi connectivity index (χ3n) is 4.25. The summed E-state index contributed by atoms with van der Waals surface area (Å²) in [5, 5.41) is 3.76. The molecule has 1 saturated carbocycles. The molecule has 3 nitrogen and oxygen atoms in total. The van der Waals surface area contributed by atoms with Crippen LogP contribution < -0.4 is 10.1 Å². The lowest BCUT2D eigenvalue weighted by molar-refractivity contribution is 0.253. The fraction of sp³-hybridized carbons (Fsp3) is 0.643. The smallest absolute Gasteiger partial charge is 0.141 e. The molecule has 0 bridgehead atoms. The van der Waals surface area contributed by atoms with Gasteiger partial charge in [0.15, 0.2) is 0 Å². The molecule has 92 valence electrons. The average Bonchev–Trinajstić information content (AvgIpc) is 2.85. The van der Waals surface area contributed by atoms with E-state index in [0.717, 1.165) is 17.4 Å². The largest absolute Gasteiger partial charge is 0.495 e. The minimum Gasteiger partial charge on any atom is -0.495 e. The lowest BCUT2D eigenvalue weighted by Crippen LogP contribution is -2.40. The van der Waals surface area contributed by atoms with Crippen molar-refractivity contribution in [3.8, 4) is 5.75 Å². The number of fused-ring (bicyclic) bond motifs is 1. The molecule has 0 aromatic carbocycles. The molecular weight excluding hydrogens is 212 g/mol. The fourth-order valence-corrected chi connectivity index (χ4v) is 3.38. The molecule has 17 heavy (non-hydrogen) atoms. The molecule has 2 aliphatic rings. The molecule has 1 aromatic rings. The van der Waals surface area contributed by atoms with Gasteiger partial charge in [-0.2, -0.15) is 0 Å². The summed E-state index contributed by atoms with van der Waals surface area (Å²) in [5.74, 6) is 1.82. The van der Waals surface area contributed by atoms with E-state index in [9.17, 15) is 0 Å². The molecule has 0 radical (unpaired) electrons. The van der Waals surface area contributed by atoms with Crippen LogP contribution in [0, 0.1) is 5.92 Å². The number of hydrogen-bond acceptors (Lipinski definition) is 3. The van der Waals surface area contributed by atoms with Gasteiger partial charge in [-0.1, -0.05) is 6.42 Å². The topological polar surface area (TPSA) is 34.1 Å². The SMILES string of the molecule is COc1cccnc1C1CCC2CCCC2N1. The number of piperidine rings is 1. The molecule has 1 saturated heterocycles. The molecule has 3 heteroatoms. The molecule has 1 aromatic heterocycles. The van der Waals surface area contributed by atoms with Gasteiger partial charge in [-0.25, -0.2) is 0 Å².